The highest BCUT2D eigenvalue weighted by atomic mass is 35.5. The van der Waals surface area contributed by atoms with Gasteiger partial charge in [-0.05, 0) is 128 Å². The Bertz CT molecular complexity index is 2290. The number of benzene rings is 2. The Hall–Kier alpha value is -4.01. The molecule has 0 radical (unpaired) electrons. The molecule has 2 fully saturated rings. The van der Waals surface area contributed by atoms with Crippen LogP contribution in [0.15, 0.2) is 49.1 Å². The molecule has 2 saturated carbocycles. The van der Waals surface area contributed by atoms with Gasteiger partial charge in [0.15, 0.2) is 0 Å². The van der Waals surface area contributed by atoms with Crippen LogP contribution in [0.3, 0.4) is 0 Å². The Kier molecular flexibility index (Phi) is 14.2. The molecule has 4 heterocycles. The van der Waals surface area contributed by atoms with E-state index in [0.717, 1.165) is 77.9 Å². The van der Waals surface area contributed by atoms with Gasteiger partial charge in [0.1, 0.15) is 34.0 Å². The fraction of sp³-hybridized carbons (Fsp3) is 0.476. The smallest absolute Gasteiger partial charge is 0.253 e. The topological polar surface area (TPSA) is 119 Å². The van der Waals surface area contributed by atoms with Crippen LogP contribution in [0.25, 0.3) is 40.6 Å². The van der Waals surface area contributed by atoms with Gasteiger partial charge in [-0.2, -0.15) is 0 Å². The normalized spacial score (nSPS) is 19.7. The lowest BCUT2D eigenvalue weighted by molar-refractivity contribution is 0.0827. The Balaban J connectivity index is 0.000000207. The molecule has 56 heavy (non-hydrogen) atoms. The first-order valence-electron chi connectivity index (χ1n) is 18.6. The summed E-state index contributed by atoms with van der Waals surface area (Å²) in [5, 5.41) is 10.9. The van der Waals surface area contributed by atoms with E-state index in [1.807, 2.05) is 30.3 Å². The summed E-state index contributed by atoms with van der Waals surface area (Å²) in [4.78, 5) is 50.1. The van der Waals surface area contributed by atoms with Crippen molar-refractivity contribution in [1.29, 1.82) is 0 Å². The summed E-state index contributed by atoms with van der Waals surface area (Å²) in [5.74, 6) is 1.75. The van der Waals surface area contributed by atoms with Crippen LogP contribution < -0.4 is 10.6 Å². The van der Waals surface area contributed by atoms with Crippen LogP contribution in [0.5, 0.6) is 0 Å². The number of thiophene rings is 2. The first kappa shape index (κ1) is 43.1. The molecule has 0 bridgehead atoms. The molecule has 0 saturated heterocycles. The van der Waals surface area contributed by atoms with Crippen molar-refractivity contribution in [2.24, 2.45) is 0 Å². The molecule has 0 atom stereocenters. The van der Waals surface area contributed by atoms with Crippen LogP contribution in [0.1, 0.15) is 86.9 Å². The molecule has 0 spiro atoms. The van der Waals surface area contributed by atoms with Crippen molar-refractivity contribution >= 4 is 97.7 Å². The third-order valence-corrected chi connectivity index (χ3v) is 13.3. The maximum atomic E-state index is 12.4. The van der Waals surface area contributed by atoms with E-state index in [-0.39, 0.29) is 20.8 Å². The molecule has 11 nitrogen and oxygen atoms in total. The SMILES string of the molecule is C.C.CN(C)C(=O)c1ccc2sc3ncnc(NC4CCC(N(C)C)CC4)c3c2c1.CN(C)C1CCC(Nc2ncnc3sc4ccc(C(=O)Cl)cc4c23)CC1. The fourth-order valence-corrected chi connectivity index (χ4v) is 9.97. The summed E-state index contributed by atoms with van der Waals surface area (Å²) >= 11 is 8.93. The molecule has 4 aromatic heterocycles. The van der Waals surface area contributed by atoms with Gasteiger partial charge >= 0.3 is 0 Å². The van der Waals surface area contributed by atoms with Gasteiger partial charge in [-0.15, -0.1) is 22.7 Å². The second-order valence-electron chi connectivity index (χ2n) is 15.1. The highest BCUT2D eigenvalue weighted by Crippen LogP contribution is 2.39. The fourth-order valence-electron chi connectivity index (χ4n) is 7.81. The van der Waals surface area contributed by atoms with Gasteiger partial charge in [-0.3, -0.25) is 9.59 Å². The minimum absolute atomic E-state index is 0. The highest BCUT2D eigenvalue weighted by molar-refractivity contribution is 7.26. The number of halogens is 1. The number of nitrogens with one attached hydrogen (secondary N) is 2. The lowest BCUT2D eigenvalue weighted by Crippen LogP contribution is -2.36. The number of aromatic nitrogens is 4. The Morgan fingerprint density at radius 2 is 1.04 bits per heavy atom. The molecular weight excluding hydrogens is 762 g/mol. The molecule has 8 rings (SSSR count). The van der Waals surface area contributed by atoms with Crippen molar-refractivity contribution in [2.75, 3.05) is 52.9 Å². The molecular formula is C42H56ClN9O2S2. The van der Waals surface area contributed by atoms with E-state index in [1.165, 1.54) is 25.7 Å². The first-order chi connectivity index (χ1) is 26.0. The number of carbonyl (C=O) groups excluding carboxylic acids is 2. The number of rotatable bonds is 8. The van der Waals surface area contributed by atoms with Crippen LogP contribution >= 0.6 is 34.3 Å². The molecule has 2 aromatic carbocycles. The monoisotopic (exact) mass is 817 g/mol. The standard InChI is InChI=1S/C21H27N5OS.C19H21ClN4OS.2CH4/c1-25(2)15-8-6-14(7-9-15)24-19-18-16-11-13(21(27)26(3)4)5-10-17(16)28-20(18)23-12-22-19;1-24(2)13-6-4-12(5-7-13)23-18-16-14-9-11(17(20)25)3-8-15(14)26-19(16)22-10-21-18;;/h5,10-12,14-15H,6-9H2,1-4H3,(H,22,23,24);3,8-10,12-13H,4-7H2,1-2H3,(H,21,22,23);2*1H4. The van der Waals surface area contributed by atoms with Crippen molar-refractivity contribution in [3.63, 3.8) is 0 Å². The van der Waals surface area contributed by atoms with Crippen LogP contribution in [0.2, 0.25) is 0 Å². The number of nitrogens with zero attached hydrogens (tertiary/aromatic N) is 7. The van der Waals surface area contributed by atoms with Crippen molar-refractivity contribution in [3.05, 3.63) is 60.2 Å². The third kappa shape index (κ3) is 9.23. The zero-order valence-corrected chi connectivity index (χ0v) is 34.1. The summed E-state index contributed by atoms with van der Waals surface area (Å²) in [6, 6.07) is 13.6. The van der Waals surface area contributed by atoms with E-state index in [2.05, 4.69) is 68.6 Å². The van der Waals surface area contributed by atoms with Gasteiger partial charge in [-0.25, -0.2) is 19.9 Å². The van der Waals surface area contributed by atoms with Crippen molar-refractivity contribution in [1.82, 2.24) is 34.6 Å². The van der Waals surface area contributed by atoms with Gasteiger partial charge in [0.05, 0.1) is 10.8 Å². The predicted octanol–water partition coefficient (Wildman–Crippen LogP) is 9.61. The average Bonchev–Trinajstić information content (AvgIpc) is 3.74. The summed E-state index contributed by atoms with van der Waals surface area (Å²) in [5.41, 5.74) is 1.19. The van der Waals surface area contributed by atoms with Crippen molar-refractivity contribution in [2.45, 2.75) is 90.4 Å². The van der Waals surface area contributed by atoms with E-state index in [1.54, 1.807) is 60.4 Å². The minimum Gasteiger partial charge on any atom is -0.367 e. The maximum absolute atomic E-state index is 12.4. The summed E-state index contributed by atoms with van der Waals surface area (Å²) in [6.07, 6.45) is 12.6. The van der Waals surface area contributed by atoms with Gasteiger partial charge < -0.3 is 25.3 Å². The van der Waals surface area contributed by atoms with Crippen LogP contribution in [0.4, 0.5) is 11.6 Å². The summed E-state index contributed by atoms with van der Waals surface area (Å²) < 4.78 is 2.21. The largest absolute Gasteiger partial charge is 0.367 e. The number of anilines is 2. The molecule has 14 heteroatoms. The molecule has 0 aliphatic heterocycles. The zero-order valence-electron chi connectivity index (χ0n) is 31.7. The first-order valence-corrected chi connectivity index (χ1v) is 20.6. The van der Waals surface area contributed by atoms with Crippen LogP contribution in [-0.4, -0.2) is 112 Å². The van der Waals surface area contributed by atoms with Crippen molar-refractivity contribution in [3.8, 4) is 0 Å². The lowest BCUT2D eigenvalue weighted by Gasteiger charge is -2.33. The Morgan fingerprint density at radius 1 is 0.625 bits per heavy atom. The van der Waals surface area contributed by atoms with Crippen LogP contribution in [-0.2, 0) is 0 Å². The lowest BCUT2D eigenvalue weighted by atomic mass is 9.90. The molecule has 2 N–H and O–H groups in total. The summed E-state index contributed by atoms with van der Waals surface area (Å²) in [6.45, 7) is 0. The second-order valence-corrected chi connectivity index (χ2v) is 17.5. The minimum atomic E-state index is -0.445. The highest BCUT2D eigenvalue weighted by Gasteiger charge is 2.25. The second kappa shape index (κ2) is 18.5. The average molecular weight is 819 g/mol. The molecule has 2 aliphatic rings. The van der Waals surface area contributed by atoms with E-state index in [9.17, 15) is 9.59 Å². The Labute approximate surface area is 343 Å². The Morgan fingerprint density at radius 3 is 1.43 bits per heavy atom. The molecule has 0 unspecified atom stereocenters. The number of hydrogen-bond acceptors (Lipinski definition) is 12. The molecule has 2 aliphatic carbocycles. The van der Waals surface area contributed by atoms with Gasteiger partial charge in [0, 0.05) is 69.6 Å². The molecule has 300 valence electrons. The quantitative estimate of drug-likeness (QED) is 0.144. The van der Waals surface area contributed by atoms with E-state index < -0.39 is 5.24 Å². The number of hydrogen-bond donors (Lipinski definition) is 2. The zero-order chi connectivity index (χ0) is 38.1. The maximum Gasteiger partial charge on any atom is 0.253 e. The van der Waals surface area contributed by atoms with Gasteiger partial charge in [0.25, 0.3) is 11.1 Å². The van der Waals surface area contributed by atoms with E-state index in [4.69, 9.17) is 11.6 Å². The predicted molar refractivity (Wildman–Crippen MR) is 238 cm³/mol. The number of carbonyl (C=O) groups is 2. The van der Waals surface area contributed by atoms with Crippen LogP contribution in [0, 0.1) is 0 Å². The third-order valence-electron chi connectivity index (χ3n) is 11.0. The van der Waals surface area contributed by atoms with E-state index >= 15 is 0 Å². The number of fused-ring (bicyclic) bond motifs is 6. The molecule has 6 aromatic rings. The van der Waals surface area contributed by atoms with Crippen molar-refractivity contribution < 1.29 is 9.59 Å². The van der Waals surface area contributed by atoms with Gasteiger partial charge in [-0.1, -0.05) is 14.9 Å². The summed E-state index contributed by atoms with van der Waals surface area (Å²) in [7, 11) is 12.2. The van der Waals surface area contributed by atoms with Gasteiger partial charge in [0.2, 0.25) is 0 Å². The van der Waals surface area contributed by atoms with E-state index in [0.29, 0.717) is 35.3 Å². The number of amides is 1. The molecule has 1 amide bonds.